The predicted octanol–water partition coefficient (Wildman–Crippen LogP) is 3.69. The highest BCUT2D eigenvalue weighted by Crippen LogP contribution is 2.33. The Balaban J connectivity index is 1.89. The van der Waals surface area contributed by atoms with Crippen molar-refractivity contribution in [1.29, 1.82) is 0 Å². The van der Waals surface area contributed by atoms with E-state index in [1.165, 1.54) is 24.8 Å². The van der Waals surface area contributed by atoms with Crippen LogP contribution in [0.25, 0.3) is 0 Å². The zero-order valence-corrected chi connectivity index (χ0v) is 15.1. The first-order valence-electron chi connectivity index (χ1n) is 8.54. The summed E-state index contributed by atoms with van der Waals surface area (Å²) in [6, 6.07) is 8.08. The van der Waals surface area contributed by atoms with Gasteiger partial charge in [-0.05, 0) is 25.3 Å². The van der Waals surface area contributed by atoms with Gasteiger partial charge < -0.3 is 5.11 Å². The van der Waals surface area contributed by atoms with Crippen LogP contribution < -0.4 is 0 Å². The fourth-order valence-corrected chi connectivity index (χ4v) is 3.71. The van der Waals surface area contributed by atoms with Crippen LogP contribution in [0, 0.1) is 6.92 Å². The lowest BCUT2D eigenvalue weighted by atomic mass is 9.89. The third-order valence-electron chi connectivity index (χ3n) is 4.30. The van der Waals surface area contributed by atoms with Crippen LogP contribution in [0.1, 0.15) is 55.0 Å². The first-order chi connectivity index (χ1) is 12.1. The smallest absolute Gasteiger partial charge is 0.313 e. The number of nitrogens with zero attached hydrogens (tertiary/aromatic N) is 4. The minimum Gasteiger partial charge on any atom is -0.481 e. The van der Waals surface area contributed by atoms with Gasteiger partial charge >= 0.3 is 5.97 Å². The van der Waals surface area contributed by atoms with Crippen molar-refractivity contribution in [2.24, 2.45) is 5.10 Å². The van der Waals surface area contributed by atoms with Crippen molar-refractivity contribution in [1.82, 2.24) is 14.9 Å². The van der Waals surface area contributed by atoms with E-state index in [-0.39, 0.29) is 5.75 Å². The zero-order valence-electron chi connectivity index (χ0n) is 14.3. The van der Waals surface area contributed by atoms with E-state index in [1.807, 2.05) is 25.1 Å². The van der Waals surface area contributed by atoms with Gasteiger partial charge in [-0.2, -0.15) is 9.78 Å². The third-order valence-corrected chi connectivity index (χ3v) is 5.20. The van der Waals surface area contributed by atoms with Gasteiger partial charge in [-0.15, -0.1) is 10.2 Å². The van der Waals surface area contributed by atoms with E-state index >= 15 is 0 Å². The maximum Gasteiger partial charge on any atom is 0.313 e. The molecule has 0 radical (unpaired) electrons. The van der Waals surface area contributed by atoms with Crippen molar-refractivity contribution in [3.05, 3.63) is 41.2 Å². The molecule has 6 nitrogen and oxygen atoms in total. The normalized spacial score (nSPS) is 15.7. The zero-order chi connectivity index (χ0) is 17.6. The highest BCUT2D eigenvalue weighted by molar-refractivity contribution is 7.99. The Kier molecular flexibility index (Phi) is 5.86. The number of aryl methyl sites for hydroxylation is 1. The van der Waals surface area contributed by atoms with Crippen molar-refractivity contribution in [2.75, 3.05) is 5.75 Å². The summed E-state index contributed by atoms with van der Waals surface area (Å²) in [7, 11) is 0. The number of carbonyl (C=O) groups is 1. The topological polar surface area (TPSA) is 80.4 Å². The lowest BCUT2D eigenvalue weighted by Gasteiger charge is -2.20. The van der Waals surface area contributed by atoms with Gasteiger partial charge in [0.1, 0.15) is 0 Å². The largest absolute Gasteiger partial charge is 0.481 e. The minimum absolute atomic E-state index is 0.0528. The van der Waals surface area contributed by atoms with Crippen LogP contribution in [0.2, 0.25) is 0 Å². The molecule has 1 N–H and O–H groups in total. The molecule has 132 valence electrons. The number of hydrogen-bond acceptors (Lipinski definition) is 5. The molecule has 0 amide bonds. The number of carboxylic acids is 1. The molecule has 1 fully saturated rings. The Morgan fingerprint density at radius 3 is 2.88 bits per heavy atom. The van der Waals surface area contributed by atoms with Crippen LogP contribution in [0.4, 0.5) is 0 Å². The molecule has 25 heavy (non-hydrogen) atoms. The molecule has 0 saturated heterocycles. The standard InChI is InChI=1S/C18H22N4O2S/c1-13-6-5-7-14(10-13)11-19-22-17(15-8-3-2-4-9-15)20-21-18(22)25-12-16(23)24/h5-7,10-11,15H,2-4,8-9,12H2,1H3,(H,23,24)/b19-11-. The molecule has 7 heteroatoms. The van der Waals surface area contributed by atoms with E-state index in [2.05, 4.69) is 21.4 Å². The summed E-state index contributed by atoms with van der Waals surface area (Å²) in [5.74, 6) is 0.260. The lowest BCUT2D eigenvalue weighted by Crippen LogP contribution is -2.11. The number of aliphatic carboxylic acids is 1. The second-order valence-electron chi connectivity index (χ2n) is 6.33. The van der Waals surface area contributed by atoms with Crippen molar-refractivity contribution in [2.45, 2.75) is 50.1 Å². The number of thioether (sulfide) groups is 1. The summed E-state index contributed by atoms with van der Waals surface area (Å²) in [5, 5.41) is 22.6. The highest BCUT2D eigenvalue weighted by Gasteiger charge is 2.23. The third kappa shape index (κ3) is 4.69. The second-order valence-corrected chi connectivity index (χ2v) is 7.27. The van der Waals surface area contributed by atoms with E-state index in [0.29, 0.717) is 11.1 Å². The van der Waals surface area contributed by atoms with Gasteiger partial charge in [0, 0.05) is 5.92 Å². The van der Waals surface area contributed by atoms with E-state index < -0.39 is 5.97 Å². The molecule has 1 aromatic carbocycles. The molecule has 0 aliphatic heterocycles. The van der Waals surface area contributed by atoms with Gasteiger partial charge in [0.05, 0.1) is 12.0 Å². The van der Waals surface area contributed by atoms with Gasteiger partial charge in [-0.1, -0.05) is 60.9 Å². The Hall–Kier alpha value is -2.15. The Morgan fingerprint density at radius 2 is 2.16 bits per heavy atom. The molecule has 1 saturated carbocycles. The molecule has 0 spiro atoms. The fourth-order valence-electron chi connectivity index (χ4n) is 3.09. The van der Waals surface area contributed by atoms with E-state index in [9.17, 15) is 4.79 Å². The van der Waals surface area contributed by atoms with Gasteiger partial charge in [0.2, 0.25) is 5.16 Å². The number of aromatic nitrogens is 3. The number of hydrogen-bond donors (Lipinski definition) is 1. The molecule has 0 atom stereocenters. The Bertz CT molecular complexity index is 766. The molecule has 3 rings (SSSR count). The van der Waals surface area contributed by atoms with Crippen LogP contribution in [0.15, 0.2) is 34.5 Å². The molecule has 0 bridgehead atoms. The summed E-state index contributed by atoms with van der Waals surface area (Å²) in [4.78, 5) is 10.9. The molecular formula is C18H22N4O2S. The maximum absolute atomic E-state index is 10.9. The summed E-state index contributed by atoms with van der Waals surface area (Å²) in [5.41, 5.74) is 2.16. The molecule has 0 unspecified atom stereocenters. The average Bonchev–Trinajstić information content (AvgIpc) is 3.02. The quantitative estimate of drug-likeness (QED) is 0.629. The van der Waals surface area contributed by atoms with E-state index in [1.54, 1.807) is 10.9 Å². The molecule has 1 heterocycles. The van der Waals surface area contributed by atoms with E-state index in [0.717, 1.165) is 36.0 Å². The van der Waals surface area contributed by atoms with Gasteiger partial charge in [0.15, 0.2) is 5.82 Å². The number of carboxylic acid groups (broad SMARTS) is 1. The van der Waals surface area contributed by atoms with Crippen molar-refractivity contribution in [3.8, 4) is 0 Å². The van der Waals surface area contributed by atoms with E-state index in [4.69, 9.17) is 5.11 Å². The van der Waals surface area contributed by atoms with Gasteiger partial charge in [-0.25, -0.2) is 0 Å². The first kappa shape index (κ1) is 17.7. The number of benzene rings is 1. The summed E-state index contributed by atoms with van der Waals surface area (Å²) < 4.78 is 1.73. The van der Waals surface area contributed by atoms with Crippen LogP contribution in [-0.4, -0.2) is 37.9 Å². The molecular weight excluding hydrogens is 336 g/mol. The van der Waals surface area contributed by atoms with Gasteiger partial charge in [-0.3, -0.25) is 4.79 Å². The fraction of sp³-hybridized carbons (Fsp3) is 0.444. The van der Waals surface area contributed by atoms with Crippen LogP contribution in [-0.2, 0) is 4.79 Å². The average molecular weight is 358 g/mol. The van der Waals surface area contributed by atoms with Crippen molar-refractivity contribution in [3.63, 3.8) is 0 Å². The van der Waals surface area contributed by atoms with Crippen LogP contribution in [0.3, 0.4) is 0 Å². The summed E-state index contributed by atoms with van der Waals surface area (Å²) in [6.45, 7) is 2.04. The summed E-state index contributed by atoms with van der Waals surface area (Å²) in [6.07, 6.45) is 7.60. The number of rotatable bonds is 6. The summed E-state index contributed by atoms with van der Waals surface area (Å²) >= 11 is 1.15. The second kappa shape index (κ2) is 8.29. The van der Waals surface area contributed by atoms with Crippen molar-refractivity contribution >= 4 is 23.9 Å². The molecule has 1 aromatic heterocycles. The molecule has 1 aliphatic carbocycles. The highest BCUT2D eigenvalue weighted by atomic mass is 32.2. The van der Waals surface area contributed by atoms with Gasteiger partial charge in [0.25, 0.3) is 0 Å². The lowest BCUT2D eigenvalue weighted by molar-refractivity contribution is -0.133. The SMILES string of the molecule is Cc1cccc(/C=N\n2c(SCC(=O)O)nnc2C2CCCCC2)c1. The van der Waals surface area contributed by atoms with Crippen LogP contribution in [0.5, 0.6) is 0 Å². The minimum atomic E-state index is -0.874. The molecule has 1 aliphatic rings. The monoisotopic (exact) mass is 358 g/mol. The molecule has 2 aromatic rings. The van der Waals surface area contributed by atoms with Crippen molar-refractivity contribution < 1.29 is 9.90 Å². The first-order valence-corrected chi connectivity index (χ1v) is 9.53. The predicted molar refractivity (Wildman–Crippen MR) is 98.4 cm³/mol. The Morgan fingerprint density at radius 1 is 1.36 bits per heavy atom. The van der Waals surface area contributed by atoms with Crippen LogP contribution >= 0.6 is 11.8 Å². The Labute approximate surface area is 151 Å². The maximum atomic E-state index is 10.9.